The second-order valence-electron chi connectivity index (χ2n) is 13.2. The zero-order valence-electron chi connectivity index (χ0n) is 31.6. The van der Waals surface area contributed by atoms with Crippen molar-refractivity contribution in [3.05, 3.63) is 118 Å². The van der Waals surface area contributed by atoms with Crippen molar-refractivity contribution in [1.82, 2.24) is 0 Å². The van der Waals surface area contributed by atoms with Gasteiger partial charge in [-0.2, -0.15) is 0 Å². The Morgan fingerprint density at radius 3 is 1.75 bits per heavy atom. The van der Waals surface area contributed by atoms with Crippen molar-refractivity contribution in [3.8, 4) is 45.8 Å². The molecule has 1 saturated heterocycles. The molecule has 6 rings (SSSR count). The summed E-state index contributed by atoms with van der Waals surface area (Å²) in [6.07, 6.45) is -4.02. The van der Waals surface area contributed by atoms with Crippen molar-refractivity contribution < 1.29 is 77.5 Å². The highest BCUT2D eigenvalue weighted by Crippen LogP contribution is 2.38. The summed E-state index contributed by atoms with van der Waals surface area (Å²) in [4.78, 5) is 65.8. The van der Waals surface area contributed by atoms with Crippen LogP contribution in [0.5, 0.6) is 34.5 Å². The molecular formula is C43H36O17. The number of phenols is 5. The van der Waals surface area contributed by atoms with Crippen LogP contribution in [0.25, 0.3) is 34.4 Å². The van der Waals surface area contributed by atoms with E-state index in [0.717, 1.165) is 38.1 Å². The van der Waals surface area contributed by atoms with Crippen molar-refractivity contribution in [2.75, 3.05) is 6.61 Å². The summed E-state index contributed by atoms with van der Waals surface area (Å²) in [5.41, 5.74) is -0.176. The molecule has 5 aromatic rings. The summed E-state index contributed by atoms with van der Waals surface area (Å²) in [6, 6.07) is 18.8. The van der Waals surface area contributed by atoms with Crippen LogP contribution in [0.2, 0.25) is 0 Å². The molecule has 1 aromatic heterocycles. The molecule has 5 atom stereocenters. The van der Waals surface area contributed by atoms with E-state index < -0.39 is 89.3 Å². The average molecular weight is 825 g/mol. The highest BCUT2D eigenvalue weighted by atomic mass is 16.7. The molecule has 310 valence electrons. The third-order valence-electron chi connectivity index (χ3n) is 8.73. The molecule has 0 bridgehead atoms. The van der Waals surface area contributed by atoms with E-state index in [4.69, 9.17) is 32.8 Å². The normalized spacial score (nSPS) is 18.9. The van der Waals surface area contributed by atoms with E-state index >= 15 is 0 Å². The Morgan fingerprint density at radius 1 is 0.650 bits per heavy atom. The third kappa shape index (κ3) is 10.2. The fourth-order valence-electron chi connectivity index (χ4n) is 6.07. The largest absolute Gasteiger partial charge is 0.508 e. The lowest BCUT2D eigenvalue weighted by atomic mass is 9.98. The quantitative estimate of drug-likeness (QED) is 0.0641. The standard InChI is InChI=1S/C43H36O17/c1-22(44)55-39-33(21-54-34(51)17-7-24-3-11-27(46)12-4-24)58-43(42(41(39)56-23(2)45)59-35(52)18-8-25-5-13-28(47)14-6-25)60-40-37(53)36-31(50)19-30(49)20-32(36)57-38(40)26-9-15-29(48)16-10-26/h3-20,33,39,41-43,46-50H,21H2,1-2H3/b17-7+,18-8+/t33?,39-,41?,42?,43+/m1/s1. The number of carbonyl (C=O) groups is 4. The summed E-state index contributed by atoms with van der Waals surface area (Å²) < 4.78 is 40.7. The van der Waals surface area contributed by atoms with Gasteiger partial charge in [0.25, 0.3) is 0 Å². The molecule has 17 nitrogen and oxygen atoms in total. The molecule has 1 aliphatic heterocycles. The van der Waals surface area contributed by atoms with Gasteiger partial charge < -0.3 is 58.4 Å². The molecule has 4 aromatic carbocycles. The predicted molar refractivity (Wildman–Crippen MR) is 208 cm³/mol. The Balaban J connectivity index is 1.44. The Kier molecular flexibility index (Phi) is 12.7. The highest BCUT2D eigenvalue weighted by molar-refractivity contribution is 5.89. The van der Waals surface area contributed by atoms with Gasteiger partial charge in [-0.15, -0.1) is 0 Å². The maximum atomic E-state index is 14.3. The van der Waals surface area contributed by atoms with E-state index in [1.807, 2.05) is 0 Å². The summed E-state index contributed by atoms with van der Waals surface area (Å²) in [5.74, 6) is -6.18. The molecule has 0 aliphatic carbocycles. The van der Waals surface area contributed by atoms with Gasteiger partial charge in [-0.05, 0) is 71.8 Å². The molecule has 5 N–H and O–H groups in total. The molecule has 0 radical (unpaired) electrons. The van der Waals surface area contributed by atoms with Gasteiger partial charge in [-0.3, -0.25) is 14.4 Å². The summed E-state index contributed by atoms with van der Waals surface area (Å²) in [7, 11) is 0. The smallest absolute Gasteiger partial charge is 0.331 e. The Morgan fingerprint density at radius 2 is 1.18 bits per heavy atom. The van der Waals surface area contributed by atoms with E-state index in [1.54, 1.807) is 0 Å². The molecule has 2 heterocycles. The van der Waals surface area contributed by atoms with Gasteiger partial charge in [0, 0.05) is 43.7 Å². The van der Waals surface area contributed by atoms with Crippen molar-refractivity contribution >= 4 is 47.0 Å². The molecule has 0 saturated carbocycles. The van der Waals surface area contributed by atoms with Crippen LogP contribution >= 0.6 is 0 Å². The minimum atomic E-state index is -1.97. The first kappa shape index (κ1) is 41.8. The van der Waals surface area contributed by atoms with Gasteiger partial charge in [0.15, 0.2) is 18.0 Å². The zero-order chi connectivity index (χ0) is 43.1. The number of hydrogen-bond donors (Lipinski definition) is 5. The lowest BCUT2D eigenvalue weighted by Crippen LogP contribution is -2.63. The van der Waals surface area contributed by atoms with Crippen LogP contribution < -0.4 is 10.2 Å². The third-order valence-corrected chi connectivity index (χ3v) is 8.73. The minimum absolute atomic E-state index is 0.00453. The van der Waals surface area contributed by atoms with Gasteiger partial charge in [-0.25, -0.2) is 9.59 Å². The number of benzene rings is 4. The Hall–Kier alpha value is -7.79. The number of aromatic hydroxyl groups is 5. The highest BCUT2D eigenvalue weighted by Gasteiger charge is 2.54. The first-order valence-electron chi connectivity index (χ1n) is 18.0. The summed E-state index contributed by atoms with van der Waals surface area (Å²) in [5, 5.41) is 49.7. The van der Waals surface area contributed by atoms with Crippen molar-refractivity contribution in [2.24, 2.45) is 0 Å². The number of fused-ring (bicyclic) bond motifs is 1. The molecule has 0 amide bonds. The molecular weight excluding hydrogens is 788 g/mol. The summed E-state index contributed by atoms with van der Waals surface area (Å²) >= 11 is 0. The van der Waals surface area contributed by atoms with Crippen LogP contribution in [0, 0.1) is 0 Å². The van der Waals surface area contributed by atoms with Gasteiger partial charge in [0.1, 0.15) is 52.4 Å². The SMILES string of the molecule is CC(=O)OC1C(OC(=O)/C=C/c2ccc(O)cc2)[C@H](Oc2c(-c3ccc(O)cc3)oc3cc(O)cc(O)c3c2=O)OC(COC(=O)/C=C/c2ccc(O)cc2)[C@H]1OC(C)=O. The number of phenolic OH excluding ortho intramolecular Hbond substituents is 5. The molecule has 1 aliphatic rings. The van der Waals surface area contributed by atoms with Crippen molar-refractivity contribution in [3.63, 3.8) is 0 Å². The van der Waals surface area contributed by atoms with Gasteiger partial charge >= 0.3 is 23.9 Å². The van der Waals surface area contributed by atoms with Crippen LogP contribution in [-0.2, 0) is 42.9 Å². The maximum absolute atomic E-state index is 14.3. The van der Waals surface area contributed by atoms with Gasteiger partial charge in [0.05, 0.1) is 0 Å². The van der Waals surface area contributed by atoms with Gasteiger partial charge in [-0.1, -0.05) is 24.3 Å². The molecule has 1 fully saturated rings. The fraction of sp³-hybridized carbons (Fsp3) is 0.186. The predicted octanol–water partition coefficient (Wildman–Crippen LogP) is 4.84. The lowest BCUT2D eigenvalue weighted by molar-refractivity contribution is -0.288. The lowest BCUT2D eigenvalue weighted by Gasteiger charge is -2.43. The second-order valence-corrected chi connectivity index (χ2v) is 13.2. The number of hydrogen-bond acceptors (Lipinski definition) is 17. The van der Waals surface area contributed by atoms with E-state index in [1.165, 1.54) is 84.9 Å². The van der Waals surface area contributed by atoms with E-state index in [-0.39, 0.29) is 34.2 Å². The van der Waals surface area contributed by atoms with Gasteiger partial charge in [0.2, 0.25) is 23.6 Å². The fourth-order valence-corrected chi connectivity index (χ4v) is 6.07. The minimum Gasteiger partial charge on any atom is -0.508 e. The van der Waals surface area contributed by atoms with Crippen LogP contribution in [0.1, 0.15) is 25.0 Å². The molecule has 3 unspecified atom stereocenters. The van der Waals surface area contributed by atoms with Crippen LogP contribution in [-0.4, -0.2) is 86.7 Å². The Labute approximate surface area is 339 Å². The maximum Gasteiger partial charge on any atom is 0.331 e. The topological polar surface area (TPSA) is 255 Å². The number of esters is 4. The molecule has 0 spiro atoms. The monoisotopic (exact) mass is 824 g/mol. The second kappa shape index (κ2) is 18.2. The Bertz CT molecular complexity index is 2500. The zero-order valence-corrected chi connectivity index (χ0v) is 31.6. The van der Waals surface area contributed by atoms with Crippen LogP contribution in [0.4, 0.5) is 0 Å². The first-order chi connectivity index (χ1) is 28.6. The van der Waals surface area contributed by atoms with Crippen molar-refractivity contribution in [2.45, 2.75) is 44.6 Å². The van der Waals surface area contributed by atoms with E-state index in [0.29, 0.717) is 11.1 Å². The number of rotatable bonds is 12. The number of carbonyl (C=O) groups excluding carboxylic acids is 4. The molecule has 17 heteroatoms. The van der Waals surface area contributed by atoms with E-state index in [9.17, 15) is 49.5 Å². The van der Waals surface area contributed by atoms with Crippen molar-refractivity contribution in [1.29, 1.82) is 0 Å². The summed E-state index contributed by atoms with van der Waals surface area (Å²) in [6.45, 7) is 1.35. The van der Waals surface area contributed by atoms with Crippen LogP contribution in [0.3, 0.4) is 0 Å². The van der Waals surface area contributed by atoms with Crippen LogP contribution in [0.15, 0.2) is 106 Å². The first-order valence-corrected chi connectivity index (χ1v) is 18.0. The molecule has 60 heavy (non-hydrogen) atoms. The number of ether oxygens (including phenoxy) is 6. The van der Waals surface area contributed by atoms with E-state index in [2.05, 4.69) is 0 Å². The average Bonchev–Trinajstić information content (AvgIpc) is 3.19.